The summed E-state index contributed by atoms with van der Waals surface area (Å²) in [6.07, 6.45) is 0.0997. The molecule has 0 bridgehead atoms. The zero-order valence-corrected chi connectivity index (χ0v) is 19.8. The molecule has 0 radical (unpaired) electrons. The Balaban J connectivity index is 1.95. The summed E-state index contributed by atoms with van der Waals surface area (Å²) in [5, 5.41) is 12.1. The van der Waals surface area contributed by atoms with Crippen molar-refractivity contribution in [2.45, 2.75) is 43.3 Å². The van der Waals surface area contributed by atoms with Crippen LogP contribution < -0.4 is 10.2 Å². The van der Waals surface area contributed by atoms with Crippen LogP contribution >= 0.6 is 0 Å². The van der Waals surface area contributed by atoms with E-state index >= 15 is 0 Å². The van der Waals surface area contributed by atoms with Crippen LogP contribution in [0.15, 0.2) is 70.3 Å². The highest BCUT2D eigenvalue weighted by Gasteiger charge is 2.40. The second-order valence-corrected chi connectivity index (χ2v) is 10.4. The highest BCUT2D eigenvalue weighted by Crippen LogP contribution is 2.45. The van der Waals surface area contributed by atoms with Crippen molar-refractivity contribution in [2.24, 2.45) is 0 Å². The van der Waals surface area contributed by atoms with Crippen molar-refractivity contribution in [1.29, 1.82) is 5.26 Å². The van der Waals surface area contributed by atoms with E-state index in [-0.39, 0.29) is 16.1 Å². The number of carbonyl (C=O) groups excluding carboxylic acids is 1. The average molecular weight is 502 g/mol. The van der Waals surface area contributed by atoms with Crippen molar-refractivity contribution in [3.8, 4) is 6.07 Å². The number of hydrogen-bond acceptors (Lipinski definition) is 4. The quantitative estimate of drug-likeness (QED) is 0.590. The number of urea groups is 1. The molecule has 35 heavy (non-hydrogen) atoms. The number of allylic oxidation sites excluding steroid dienone is 2. The van der Waals surface area contributed by atoms with Crippen LogP contribution in [0, 0.1) is 11.3 Å². The Morgan fingerprint density at radius 2 is 1.91 bits per heavy atom. The van der Waals surface area contributed by atoms with Gasteiger partial charge in [-0.2, -0.15) is 18.4 Å². The van der Waals surface area contributed by atoms with Gasteiger partial charge in [0.15, 0.2) is 9.84 Å². The third-order valence-electron chi connectivity index (χ3n) is 6.18. The molecule has 2 aromatic carbocycles. The number of nitrogens with one attached hydrogen (secondary N) is 1. The van der Waals surface area contributed by atoms with E-state index in [1.54, 1.807) is 0 Å². The fourth-order valence-electron chi connectivity index (χ4n) is 4.66. The maximum absolute atomic E-state index is 13.4. The van der Waals surface area contributed by atoms with E-state index in [9.17, 15) is 31.6 Å². The summed E-state index contributed by atoms with van der Waals surface area (Å²) in [5.74, 6) is 0. The molecule has 182 valence electrons. The van der Waals surface area contributed by atoms with Crippen molar-refractivity contribution in [1.82, 2.24) is 5.32 Å². The first-order valence-corrected chi connectivity index (χ1v) is 12.8. The molecule has 0 saturated heterocycles. The molecule has 4 rings (SSSR count). The van der Waals surface area contributed by atoms with Crippen LogP contribution in [0.1, 0.15) is 48.9 Å². The molecular weight excluding hydrogens is 479 g/mol. The summed E-state index contributed by atoms with van der Waals surface area (Å²) in [4.78, 5) is 14.5. The molecule has 1 unspecified atom stereocenters. The zero-order valence-electron chi connectivity index (χ0n) is 19.0. The molecule has 1 aliphatic heterocycles. The number of carbonyl (C=O) groups is 1. The minimum atomic E-state index is -4.57. The predicted octanol–water partition coefficient (Wildman–Crippen LogP) is 5.64. The maximum Gasteiger partial charge on any atom is 0.416 e. The molecule has 1 heterocycles. The standard InChI is InChI=1S/C25H22F3N3O3S/c1-3-16-6-4-9-20-22(16)23(19-11-10-15(14-29)12-21(19)35(2,33)34)30-24(32)31(20)18-8-5-7-17(13-18)25(26,27)28/h3,5,7-8,10-13,23H,4,6,9H2,1-2H3,(H,30,32). The van der Waals surface area contributed by atoms with Crippen molar-refractivity contribution in [3.63, 3.8) is 0 Å². The van der Waals surface area contributed by atoms with Gasteiger partial charge in [-0.05, 0) is 67.7 Å². The Labute approximate surface area is 201 Å². The first-order valence-electron chi connectivity index (χ1n) is 10.9. The molecule has 0 aromatic heterocycles. The third kappa shape index (κ3) is 4.56. The molecule has 0 spiro atoms. The molecule has 10 heteroatoms. The van der Waals surface area contributed by atoms with E-state index in [0.29, 0.717) is 36.1 Å². The Morgan fingerprint density at radius 3 is 2.54 bits per heavy atom. The number of anilines is 1. The van der Waals surface area contributed by atoms with Gasteiger partial charge in [-0.1, -0.05) is 18.2 Å². The monoisotopic (exact) mass is 501 g/mol. The molecule has 2 aromatic rings. The van der Waals surface area contributed by atoms with Gasteiger partial charge in [-0.25, -0.2) is 13.2 Å². The average Bonchev–Trinajstić information content (AvgIpc) is 2.81. The van der Waals surface area contributed by atoms with Crippen LogP contribution in [0.25, 0.3) is 0 Å². The van der Waals surface area contributed by atoms with E-state index in [2.05, 4.69) is 5.32 Å². The van der Waals surface area contributed by atoms with Gasteiger partial charge in [0, 0.05) is 17.5 Å². The third-order valence-corrected chi connectivity index (χ3v) is 7.33. The molecular formula is C25H22F3N3O3S. The van der Waals surface area contributed by atoms with E-state index in [0.717, 1.165) is 24.0 Å². The number of sulfone groups is 1. The summed E-state index contributed by atoms with van der Waals surface area (Å²) >= 11 is 0. The van der Waals surface area contributed by atoms with Crippen molar-refractivity contribution in [3.05, 3.63) is 82.1 Å². The molecule has 1 atom stereocenters. The summed E-state index contributed by atoms with van der Waals surface area (Å²) in [7, 11) is -3.77. The van der Waals surface area contributed by atoms with E-state index in [1.807, 2.05) is 19.1 Å². The maximum atomic E-state index is 13.4. The number of benzene rings is 2. The molecule has 2 amide bonds. The summed E-state index contributed by atoms with van der Waals surface area (Å²) < 4.78 is 65.3. The lowest BCUT2D eigenvalue weighted by Crippen LogP contribution is -2.48. The smallest absolute Gasteiger partial charge is 0.326 e. The number of alkyl halides is 3. The van der Waals surface area contributed by atoms with Crippen LogP contribution in [-0.2, 0) is 16.0 Å². The highest BCUT2D eigenvalue weighted by molar-refractivity contribution is 7.90. The van der Waals surface area contributed by atoms with Crippen LogP contribution in [0.4, 0.5) is 23.7 Å². The lowest BCUT2D eigenvalue weighted by Gasteiger charge is -2.41. The van der Waals surface area contributed by atoms with Crippen LogP contribution in [0.2, 0.25) is 0 Å². The number of halogens is 3. The molecule has 1 aliphatic carbocycles. The number of rotatable bonds is 3. The van der Waals surface area contributed by atoms with Gasteiger partial charge in [0.25, 0.3) is 0 Å². The van der Waals surface area contributed by atoms with Gasteiger partial charge in [-0.15, -0.1) is 0 Å². The van der Waals surface area contributed by atoms with Gasteiger partial charge in [0.05, 0.1) is 33.8 Å². The number of nitrogens with zero attached hydrogens (tertiary/aromatic N) is 2. The predicted molar refractivity (Wildman–Crippen MR) is 124 cm³/mol. The Kier molecular flexibility index (Phi) is 6.23. The first-order chi connectivity index (χ1) is 16.5. The van der Waals surface area contributed by atoms with E-state index in [4.69, 9.17) is 0 Å². The van der Waals surface area contributed by atoms with Crippen LogP contribution in [0.5, 0.6) is 0 Å². The largest absolute Gasteiger partial charge is 0.416 e. The molecule has 0 fully saturated rings. The van der Waals surface area contributed by atoms with Gasteiger partial charge < -0.3 is 5.32 Å². The Bertz CT molecular complexity index is 1420. The van der Waals surface area contributed by atoms with Crippen LogP contribution in [0.3, 0.4) is 0 Å². The Morgan fingerprint density at radius 1 is 1.17 bits per heavy atom. The van der Waals surface area contributed by atoms with E-state index in [1.165, 1.54) is 35.2 Å². The minimum absolute atomic E-state index is 0.0730. The topological polar surface area (TPSA) is 90.3 Å². The SMILES string of the molecule is CC=C1CCCC2=C1C(c1ccc(C#N)cc1S(C)(=O)=O)NC(=O)N2c1cccc(C(F)(F)F)c1. The van der Waals surface area contributed by atoms with Gasteiger partial charge in [-0.3, -0.25) is 4.90 Å². The number of amides is 2. The molecule has 6 nitrogen and oxygen atoms in total. The summed E-state index contributed by atoms with van der Waals surface area (Å²) in [6.45, 7) is 1.82. The van der Waals surface area contributed by atoms with Gasteiger partial charge >= 0.3 is 12.2 Å². The molecule has 1 N–H and O–H groups in total. The second kappa shape index (κ2) is 8.89. The fraction of sp³-hybridized carbons (Fsp3) is 0.280. The van der Waals surface area contributed by atoms with E-state index < -0.39 is 33.6 Å². The minimum Gasteiger partial charge on any atom is -0.326 e. The van der Waals surface area contributed by atoms with Gasteiger partial charge in [0.2, 0.25) is 0 Å². The van der Waals surface area contributed by atoms with Crippen molar-refractivity contribution >= 4 is 21.6 Å². The first kappa shape index (κ1) is 24.5. The lowest BCUT2D eigenvalue weighted by molar-refractivity contribution is -0.137. The number of hydrogen-bond donors (Lipinski definition) is 1. The van der Waals surface area contributed by atoms with Gasteiger partial charge in [0.1, 0.15) is 0 Å². The Hall–Kier alpha value is -3.58. The molecule has 2 aliphatic rings. The lowest BCUT2D eigenvalue weighted by atomic mass is 9.81. The second-order valence-electron chi connectivity index (χ2n) is 8.43. The zero-order chi connectivity index (χ0) is 25.5. The number of nitriles is 1. The van der Waals surface area contributed by atoms with Crippen LogP contribution in [-0.4, -0.2) is 20.7 Å². The van der Waals surface area contributed by atoms with Crippen molar-refractivity contribution < 1.29 is 26.4 Å². The molecule has 0 saturated carbocycles. The van der Waals surface area contributed by atoms with Crippen molar-refractivity contribution in [2.75, 3.05) is 11.2 Å². The fourth-order valence-corrected chi connectivity index (χ4v) is 5.61. The normalized spacial score (nSPS) is 19.9. The summed E-state index contributed by atoms with van der Waals surface area (Å²) in [5.41, 5.74) is 1.72. The summed E-state index contributed by atoms with van der Waals surface area (Å²) in [6, 6.07) is 9.24. The highest BCUT2D eigenvalue weighted by atomic mass is 32.2.